The Morgan fingerprint density at radius 2 is 2.35 bits per heavy atom. The van der Waals surface area contributed by atoms with Gasteiger partial charge < -0.3 is 5.32 Å². The lowest BCUT2D eigenvalue weighted by atomic mass is 9.93. The third-order valence-corrected chi connectivity index (χ3v) is 2.95. The molecule has 0 aliphatic carbocycles. The van der Waals surface area contributed by atoms with Crippen LogP contribution in [0.5, 0.6) is 0 Å². The maximum absolute atomic E-state index is 11.9. The molecule has 1 amide bonds. The first-order chi connectivity index (χ1) is 8.25. The van der Waals surface area contributed by atoms with Gasteiger partial charge in [0.15, 0.2) is 5.65 Å². The molecule has 3 heterocycles. The Labute approximate surface area is 97.2 Å². The molecule has 0 aromatic carbocycles. The van der Waals surface area contributed by atoms with E-state index in [2.05, 4.69) is 32.1 Å². The van der Waals surface area contributed by atoms with E-state index < -0.39 is 0 Å². The van der Waals surface area contributed by atoms with Crippen LogP contribution in [0.3, 0.4) is 0 Å². The Morgan fingerprint density at radius 1 is 1.47 bits per heavy atom. The molecule has 1 atom stereocenters. The third kappa shape index (κ3) is 1.57. The minimum Gasteiger partial charge on any atom is -0.330 e. The molecule has 1 aliphatic heterocycles. The van der Waals surface area contributed by atoms with Crippen molar-refractivity contribution in [3.63, 3.8) is 0 Å². The summed E-state index contributed by atoms with van der Waals surface area (Å²) in [6.07, 6.45) is 4.63. The van der Waals surface area contributed by atoms with Gasteiger partial charge >= 0.3 is 0 Å². The SMILES string of the molecule is C=C1CCC(c2n[nH]c3ncncc23)C(=O)N1. The Hall–Kier alpha value is -2.24. The summed E-state index contributed by atoms with van der Waals surface area (Å²) in [5, 5.41) is 10.6. The van der Waals surface area contributed by atoms with E-state index >= 15 is 0 Å². The number of H-pyrrole nitrogens is 1. The fourth-order valence-corrected chi connectivity index (χ4v) is 2.08. The van der Waals surface area contributed by atoms with Gasteiger partial charge in [-0.05, 0) is 12.8 Å². The van der Waals surface area contributed by atoms with Gasteiger partial charge in [-0.25, -0.2) is 9.97 Å². The van der Waals surface area contributed by atoms with E-state index in [0.717, 1.165) is 23.9 Å². The lowest BCUT2D eigenvalue weighted by molar-refractivity contribution is -0.122. The zero-order chi connectivity index (χ0) is 11.8. The summed E-state index contributed by atoms with van der Waals surface area (Å²) in [5.74, 6) is -0.307. The highest BCUT2D eigenvalue weighted by Crippen LogP contribution is 2.29. The van der Waals surface area contributed by atoms with Crippen molar-refractivity contribution < 1.29 is 4.79 Å². The first-order valence-electron chi connectivity index (χ1n) is 5.38. The van der Waals surface area contributed by atoms with Crippen LogP contribution in [0.4, 0.5) is 0 Å². The number of carbonyl (C=O) groups excluding carboxylic acids is 1. The number of fused-ring (bicyclic) bond motifs is 1. The van der Waals surface area contributed by atoms with Crippen LogP contribution in [0.2, 0.25) is 0 Å². The summed E-state index contributed by atoms with van der Waals surface area (Å²) in [7, 11) is 0. The van der Waals surface area contributed by atoms with Crippen molar-refractivity contribution in [1.82, 2.24) is 25.5 Å². The molecule has 2 aromatic heterocycles. The van der Waals surface area contributed by atoms with Gasteiger partial charge in [0, 0.05) is 11.9 Å². The quantitative estimate of drug-likeness (QED) is 0.759. The van der Waals surface area contributed by atoms with Crippen LogP contribution < -0.4 is 5.32 Å². The maximum atomic E-state index is 11.9. The molecule has 3 rings (SSSR count). The molecule has 86 valence electrons. The number of aromatic amines is 1. The highest BCUT2D eigenvalue weighted by molar-refractivity contribution is 5.90. The van der Waals surface area contributed by atoms with Crippen LogP contribution in [0.1, 0.15) is 24.5 Å². The van der Waals surface area contributed by atoms with Crippen molar-refractivity contribution >= 4 is 16.9 Å². The smallest absolute Gasteiger partial charge is 0.233 e. The second kappa shape index (κ2) is 3.65. The first-order valence-corrected chi connectivity index (χ1v) is 5.38. The van der Waals surface area contributed by atoms with E-state index in [1.165, 1.54) is 6.33 Å². The number of nitrogens with one attached hydrogen (secondary N) is 2. The number of amides is 1. The number of nitrogens with zero attached hydrogens (tertiary/aromatic N) is 3. The van der Waals surface area contributed by atoms with Crippen LogP contribution in [-0.2, 0) is 4.79 Å². The van der Waals surface area contributed by atoms with Crippen LogP contribution >= 0.6 is 0 Å². The number of carbonyl (C=O) groups is 1. The highest BCUT2D eigenvalue weighted by Gasteiger charge is 2.29. The van der Waals surface area contributed by atoms with Crippen LogP contribution in [-0.4, -0.2) is 26.1 Å². The van der Waals surface area contributed by atoms with Gasteiger partial charge in [-0.2, -0.15) is 5.10 Å². The molecule has 0 bridgehead atoms. The van der Waals surface area contributed by atoms with E-state index in [0.29, 0.717) is 11.3 Å². The summed E-state index contributed by atoms with van der Waals surface area (Å²) in [4.78, 5) is 19.9. The molecule has 0 saturated carbocycles. The van der Waals surface area contributed by atoms with Crippen LogP contribution in [0.15, 0.2) is 24.8 Å². The fourth-order valence-electron chi connectivity index (χ4n) is 2.08. The van der Waals surface area contributed by atoms with Gasteiger partial charge in [-0.15, -0.1) is 0 Å². The first kappa shape index (κ1) is 9.95. The molecule has 2 N–H and O–H groups in total. The second-order valence-corrected chi connectivity index (χ2v) is 4.08. The molecule has 1 fully saturated rings. The van der Waals surface area contributed by atoms with Crippen molar-refractivity contribution in [1.29, 1.82) is 0 Å². The topological polar surface area (TPSA) is 83.6 Å². The molecular formula is C11H11N5O. The largest absolute Gasteiger partial charge is 0.330 e. The van der Waals surface area contributed by atoms with Gasteiger partial charge in [0.25, 0.3) is 0 Å². The van der Waals surface area contributed by atoms with Crippen molar-refractivity contribution in [2.45, 2.75) is 18.8 Å². The number of rotatable bonds is 1. The molecule has 0 spiro atoms. The molecule has 1 aliphatic rings. The number of hydrogen-bond acceptors (Lipinski definition) is 4. The molecule has 1 saturated heterocycles. The summed E-state index contributed by atoms with van der Waals surface area (Å²) in [6.45, 7) is 3.76. The average Bonchev–Trinajstić information content (AvgIpc) is 2.73. The zero-order valence-corrected chi connectivity index (χ0v) is 9.10. The van der Waals surface area contributed by atoms with Gasteiger partial charge in [0.2, 0.25) is 5.91 Å². The van der Waals surface area contributed by atoms with Gasteiger partial charge in [-0.1, -0.05) is 6.58 Å². The van der Waals surface area contributed by atoms with Gasteiger partial charge in [-0.3, -0.25) is 9.89 Å². The monoisotopic (exact) mass is 229 g/mol. The Kier molecular flexibility index (Phi) is 2.14. The summed E-state index contributed by atoms with van der Waals surface area (Å²) in [5.41, 5.74) is 2.14. The maximum Gasteiger partial charge on any atom is 0.233 e. The standard InChI is InChI=1S/C11H11N5O/c1-6-2-3-7(11(17)14-6)9-8-4-12-5-13-10(8)16-15-9/h4-5,7H,1-3H2,(H,14,17)(H,12,13,15,16). The van der Waals surface area contributed by atoms with E-state index in [9.17, 15) is 4.79 Å². The van der Waals surface area contributed by atoms with Crippen molar-refractivity contribution in [3.05, 3.63) is 30.5 Å². The summed E-state index contributed by atoms with van der Waals surface area (Å²) >= 11 is 0. The van der Waals surface area contributed by atoms with E-state index in [4.69, 9.17) is 0 Å². The lowest BCUT2D eigenvalue weighted by Crippen LogP contribution is -2.33. The molecule has 0 radical (unpaired) electrons. The predicted molar refractivity (Wildman–Crippen MR) is 60.9 cm³/mol. The normalized spacial score (nSPS) is 20.6. The van der Waals surface area contributed by atoms with Crippen molar-refractivity contribution in [2.75, 3.05) is 0 Å². The number of piperidine rings is 1. The van der Waals surface area contributed by atoms with Crippen LogP contribution in [0.25, 0.3) is 11.0 Å². The molecule has 2 aromatic rings. The summed E-state index contributed by atoms with van der Waals surface area (Å²) < 4.78 is 0. The van der Waals surface area contributed by atoms with Crippen molar-refractivity contribution in [3.8, 4) is 0 Å². The molecule has 17 heavy (non-hydrogen) atoms. The highest BCUT2D eigenvalue weighted by atomic mass is 16.2. The van der Waals surface area contributed by atoms with Crippen molar-refractivity contribution in [2.24, 2.45) is 0 Å². The molecule has 1 unspecified atom stereocenters. The van der Waals surface area contributed by atoms with Gasteiger partial charge in [0.05, 0.1) is 17.0 Å². The molecule has 6 nitrogen and oxygen atoms in total. The van der Waals surface area contributed by atoms with E-state index in [-0.39, 0.29) is 11.8 Å². The lowest BCUT2D eigenvalue weighted by Gasteiger charge is -2.22. The van der Waals surface area contributed by atoms with E-state index in [1.54, 1.807) is 6.20 Å². The molecule has 6 heteroatoms. The minimum absolute atomic E-state index is 0.0569. The average molecular weight is 229 g/mol. The third-order valence-electron chi connectivity index (χ3n) is 2.95. The van der Waals surface area contributed by atoms with E-state index in [1.807, 2.05) is 0 Å². The Balaban J connectivity index is 2.04. The Morgan fingerprint density at radius 3 is 3.18 bits per heavy atom. The van der Waals surface area contributed by atoms with Gasteiger partial charge in [0.1, 0.15) is 6.33 Å². The zero-order valence-electron chi connectivity index (χ0n) is 9.10. The Bertz CT molecular complexity index is 603. The predicted octanol–water partition coefficient (Wildman–Crippen LogP) is 0.860. The summed E-state index contributed by atoms with van der Waals surface area (Å²) in [6, 6.07) is 0. The fraction of sp³-hybridized carbons (Fsp3) is 0.273. The number of aromatic nitrogens is 4. The second-order valence-electron chi connectivity index (χ2n) is 4.08. The number of hydrogen-bond donors (Lipinski definition) is 2. The van der Waals surface area contributed by atoms with Crippen LogP contribution in [0, 0.1) is 0 Å². The molecular weight excluding hydrogens is 218 g/mol. The minimum atomic E-state index is -0.250. The number of allylic oxidation sites excluding steroid dienone is 1.